The number of rotatable bonds is 4. The molecular weight excluding hydrogens is 460 g/mol. The summed E-state index contributed by atoms with van der Waals surface area (Å²) >= 11 is 7.60. The quantitative estimate of drug-likeness (QED) is 0.486. The molecule has 0 saturated carbocycles. The summed E-state index contributed by atoms with van der Waals surface area (Å²) in [4.78, 5) is 24.1. The Hall–Kier alpha value is -2.39. The second-order valence-corrected chi connectivity index (χ2v) is 10.3. The zero-order valence-corrected chi connectivity index (χ0v) is 21.8. The van der Waals surface area contributed by atoms with Crippen LogP contribution in [0.25, 0.3) is 0 Å². The van der Waals surface area contributed by atoms with Crippen molar-refractivity contribution >= 4 is 46.8 Å². The molecule has 1 saturated heterocycles. The Bertz CT molecular complexity index is 958. The number of nitrogens with zero attached hydrogens (tertiary/aromatic N) is 3. The lowest BCUT2D eigenvalue weighted by atomic mass is 9.90. The van der Waals surface area contributed by atoms with E-state index in [0.717, 1.165) is 17.7 Å². The summed E-state index contributed by atoms with van der Waals surface area (Å²) in [5.74, 6) is 1.04. The van der Waals surface area contributed by atoms with E-state index in [1.54, 1.807) is 12.3 Å². The van der Waals surface area contributed by atoms with Gasteiger partial charge in [0.15, 0.2) is 5.82 Å². The highest BCUT2D eigenvalue weighted by Gasteiger charge is 2.33. The van der Waals surface area contributed by atoms with Crippen LogP contribution < -0.4 is 21.7 Å². The van der Waals surface area contributed by atoms with Crippen LogP contribution >= 0.6 is 23.4 Å². The SMILES string of the molecule is CC.CC1(NC(=O)OC(C)(C)C)CCN(c2cnc(Sc3cccc(N)c3Cl)c(N)n2)CC1. The molecule has 1 fully saturated rings. The van der Waals surface area contributed by atoms with E-state index in [-0.39, 0.29) is 5.54 Å². The number of aromatic nitrogens is 2. The number of halogens is 1. The first-order valence-corrected chi connectivity index (χ1v) is 12.3. The van der Waals surface area contributed by atoms with Crippen molar-refractivity contribution in [1.82, 2.24) is 15.3 Å². The molecule has 1 aliphatic heterocycles. The molecule has 2 aromatic rings. The van der Waals surface area contributed by atoms with Gasteiger partial charge in [-0.2, -0.15) is 0 Å². The lowest BCUT2D eigenvalue weighted by Crippen LogP contribution is -2.54. The Morgan fingerprint density at radius 3 is 2.45 bits per heavy atom. The largest absolute Gasteiger partial charge is 0.444 e. The van der Waals surface area contributed by atoms with Gasteiger partial charge in [-0.3, -0.25) is 0 Å². The fourth-order valence-electron chi connectivity index (χ4n) is 3.23. The van der Waals surface area contributed by atoms with Crippen molar-refractivity contribution in [3.8, 4) is 0 Å². The Morgan fingerprint density at radius 1 is 1.24 bits per heavy atom. The van der Waals surface area contributed by atoms with Crippen LogP contribution in [0.4, 0.5) is 22.1 Å². The van der Waals surface area contributed by atoms with Crippen molar-refractivity contribution < 1.29 is 9.53 Å². The van der Waals surface area contributed by atoms with E-state index in [9.17, 15) is 4.79 Å². The van der Waals surface area contributed by atoms with Gasteiger partial charge in [-0.05, 0) is 52.7 Å². The van der Waals surface area contributed by atoms with Gasteiger partial charge < -0.3 is 26.4 Å². The molecule has 1 aromatic carbocycles. The summed E-state index contributed by atoms with van der Waals surface area (Å²) < 4.78 is 5.39. The number of nitrogen functional groups attached to an aromatic ring is 2. The van der Waals surface area contributed by atoms with Crippen LogP contribution in [0, 0.1) is 0 Å². The molecule has 3 rings (SSSR count). The van der Waals surface area contributed by atoms with E-state index in [1.165, 1.54) is 11.8 Å². The predicted octanol–water partition coefficient (Wildman–Crippen LogP) is 5.36. The Balaban J connectivity index is 0.00000187. The van der Waals surface area contributed by atoms with Crippen LogP contribution in [0.5, 0.6) is 0 Å². The predicted molar refractivity (Wildman–Crippen MR) is 137 cm³/mol. The van der Waals surface area contributed by atoms with Gasteiger partial charge in [0.1, 0.15) is 16.4 Å². The number of amides is 1. The molecule has 2 heterocycles. The minimum atomic E-state index is -0.524. The zero-order valence-electron chi connectivity index (χ0n) is 20.2. The van der Waals surface area contributed by atoms with Gasteiger partial charge in [-0.25, -0.2) is 14.8 Å². The highest BCUT2D eigenvalue weighted by molar-refractivity contribution is 7.99. The minimum absolute atomic E-state index is 0.334. The first kappa shape index (κ1) is 26.9. The number of alkyl carbamates (subject to hydrolysis) is 1. The van der Waals surface area contributed by atoms with Gasteiger partial charge in [0.2, 0.25) is 0 Å². The van der Waals surface area contributed by atoms with Crippen molar-refractivity contribution in [2.24, 2.45) is 0 Å². The first-order chi connectivity index (χ1) is 15.5. The van der Waals surface area contributed by atoms with Crippen molar-refractivity contribution in [3.63, 3.8) is 0 Å². The van der Waals surface area contributed by atoms with Gasteiger partial charge in [-0.1, -0.05) is 43.3 Å². The Morgan fingerprint density at radius 2 is 1.88 bits per heavy atom. The molecule has 0 bridgehead atoms. The van der Waals surface area contributed by atoms with Crippen LogP contribution in [0.3, 0.4) is 0 Å². The molecule has 8 nitrogen and oxygen atoms in total. The van der Waals surface area contributed by atoms with Crippen molar-refractivity contribution in [2.75, 3.05) is 29.5 Å². The van der Waals surface area contributed by atoms with Crippen molar-refractivity contribution in [1.29, 1.82) is 0 Å². The average molecular weight is 495 g/mol. The monoisotopic (exact) mass is 494 g/mol. The summed E-state index contributed by atoms with van der Waals surface area (Å²) in [5.41, 5.74) is 11.7. The fourth-order valence-corrected chi connectivity index (χ4v) is 4.29. The average Bonchev–Trinajstić information content (AvgIpc) is 2.73. The van der Waals surface area contributed by atoms with Gasteiger partial charge in [-0.15, -0.1) is 0 Å². The van der Waals surface area contributed by atoms with Crippen molar-refractivity contribution in [3.05, 3.63) is 29.4 Å². The summed E-state index contributed by atoms with van der Waals surface area (Å²) in [5, 5.41) is 4.06. The molecule has 1 aromatic heterocycles. The molecule has 182 valence electrons. The number of anilines is 3. The lowest BCUT2D eigenvalue weighted by molar-refractivity contribution is 0.0448. The third-order valence-electron chi connectivity index (χ3n) is 4.94. The maximum absolute atomic E-state index is 12.2. The fraction of sp³-hybridized carbons (Fsp3) is 0.522. The number of carbonyl (C=O) groups is 1. The van der Waals surface area contributed by atoms with Crippen LogP contribution in [-0.4, -0.2) is 40.3 Å². The third-order valence-corrected chi connectivity index (χ3v) is 6.55. The molecule has 33 heavy (non-hydrogen) atoms. The topological polar surface area (TPSA) is 119 Å². The van der Waals surface area contributed by atoms with Crippen LogP contribution in [0.2, 0.25) is 5.02 Å². The molecule has 0 unspecified atom stereocenters. The third kappa shape index (κ3) is 7.57. The minimum Gasteiger partial charge on any atom is -0.444 e. The molecule has 5 N–H and O–H groups in total. The number of piperidine rings is 1. The molecule has 10 heteroatoms. The Labute approximate surface area is 205 Å². The number of nitrogens with one attached hydrogen (secondary N) is 1. The number of hydrogen-bond donors (Lipinski definition) is 3. The molecule has 0 aliphatic carbocycles. The summed E-state index contributed by atoms with van der Waals surface area (Å²) in [6.45, 7) is 13.0. The summed E-state index contributed by atoms with van der Waals surface area (Å²) in [6.07, 6.45) is 2.82. The number of benzene rings is 1. The van der Waals surface area contributed by atoms with E-state index in [2.05, 4.69) is 20.2 Å². The number of ether oxygens (including phenoxy) is 1. The van der Waals surface area contributed by atoms with Crippen molar-refractivity contribution in [2.45, 2.75) is 75.4 Å². The zero-order chi connectivity index (χ0) is 24.8. The van der Waals surface area contributed by atoms with Gasteiger partial charge in [0.05, 0.1) is 16.9 Å². The normalized spacial score (nSPS) is 15.3. The number of nitrogens with two attached hydrogens (primary N) is 2. The Kier molecular flexibility index (Phi) is 9.08. The maximum Gasteiger partial charge on any atom is 0.408 e. The first-order valence-electron chi connectivity index (χ1n) is 11.1. The van der Waals surface area contributed by atoms with E-state index in [4.69, 9.17) is 27.8 Å². The number of hydrogen-bond acceptors (Lipinski definition) is 8. The highest BCUT2D eigenvalue weighted by atomic mass is 35.5. The van der Waals surface area contributed by atoms with Gasteiger partial charge >= 0.3 is 6.09 Å². The second kappa shape index (κ2) is 11.2. The molecule has 0 radical (unpaired) electrons. The molecular formula is C23H35ClN6O2S. The van der Waals surface area contributed by atoms with E-state index < -0.39 is 11.7 Å². The van der Waals surface area contributed by atoms with Crippen LogP contribution in [0.1, 0.15) is 54.4 Å². The smallest absolute Gasteiger partial charge is 0.408 e. The van der Waals surface area contributed by atoms with Gasteiger partial charge in [0.25, 0.3) is 0 Å². The van der Waals surface area contributed by atoms with E-state index >= 15 is 0 Å². The summed E-state index contributed by atoms with van der Waals surface area (Å²) in [6, 6.07) is 5.44. The maximum atomic E-state index is 12.2. The standard InChI is InChI=1S/C21H29ClN6O2S.C2H6/c1-20(2,3)30-19(29)27-21(4)8-10-28(11-9-21)15-12-25-18(17(24)26-15)31-14-7-5-6-13(23)16(14)22;1-2/h5-7,12H,8-11,23H2,1-4H3,(H2,24,26)(H,27,29);1-2H3. The number of carbonyl (C=O) groups excluding carboxylic acids is 1. The van der Waals surface area contributed by atoms with E-state index in [0.29, 0.717) is 40.5 Å². The highest BCUT2D eigenvalue weighted by Crippen LogP contribution is 2.37. The molecule has 1 aliphatic rings. The van der Waals surface area contributed by atoms with Gasteiger partial charge in [0, 0.05) is 23.5 Å². The van der Waals surface area contributed by atoms with Crippen LogP contribution in [-0.2, 0) is 4.74 Å². The lowest BCUT2D eigenvalue weighted by Gasteiger charge is -2.40. The molecule has 1 amide bonds. The molecule has 0 spiro atoms. The molecule has 0 atom stereocenters. The van der Waals surface area contributed by atoms with E-state index in [1.807, 2.05) is 53.7 Å². The second-order valence-electron chi connectivity index (χ2n) is 8.85. The van der Waals surface area contributed by atoms with Crippen LogP contribution in [0.15, 0.2) is 34.3 Å². The summed E-state index contributed by atoms with van der Waals surface area (Å²) in [7, 11) is 0.